The Bertz CT molecular complexity index is 379. The Morgan fingerprint density at radius 1 is 1.39 bits per heavy atom. The summed E-state index contributed by atoms with van der Waals surface area (Å²) in [5.41, 5.74) is 1.47. The predicted octanol–water partition coefficient (Wildman–Crippen LogP) is 1.99. The normalized spacial score (nSPS) is 12.3. The van der Waals surface area contributed by atoms with Crippen LogP contribution in [0.25, 0.3) is 0 Å². The van der Waals surface area contributed by atoms with Gasteiger partial charge in [0.25, 0.3) is 5.91 Å². The van der Waals surface area contributed by atoms with Crippen LogP contribution in [0.3, 0.4) is 0 Å². The number of amides is 1. The minimum Gasteiger partial charge on any atom is -0.468 e. The van der Waals surface area contributed by atoms with Crippen molar-refractivity contribution in [2.45, 2.75) is 20.8 Å². The minimum absolute atomic E-state index is 0.133. The Hall–Kier alpha value is -1.84. The van der Waals surface area contributed by atoms with Crippen LogP contribution < -0.4 is 5.32 Å². The highest BCUT2D eigenvalue weighted by Gasteiger charge is 2.09. The maximum Gasteiger partial charge on any atom is 0.325 e. The molecule has 0 radical (unpaired) electrons. The smallest absolute Gasteiger partial charge is 0.325 e. The Kier molecular flexibility index (Phi) is 7.43. The van der Waals surface area contributed by atoms with Gasteiger partial charge in [0, 0.05) is 5.57 Å². The Morgan fingerprint density at radius 2 is 2.00 bits per heavy atom. The van der Waals surface area contributed by atoms with Gasteiger partial charge in [0.2, 0.25) is 0 Å². The van der Waals surface area contributed by atoms with E-state index in [4.69, 9.17) is 0 Å². The molecule has 0 aromatic carbocycles. The van der Waals surface area contributed by atoms with E-state index < -0.39 is 5.97 Å². The fourth-order valence-electron chi connectivity index (χ4n) is 1.25. The van der Waals surface area contributed by atoms with Crippen molar-refractivity contribution in [1.29, 1.82) is 0 Å². The highest BCUT2D eigenvalue weighted by atomic mass is 16.5. The summed E-state index contributed by atoms with van der Waals surface area (Å²) in [5.74, 6) is -0.496. The molecule has 1 amide bonds. The fourth-order valence-corrected chi connectivity index (χ4v) is 1.25. The Labute approximate surface area is 108 Å². The second-order valence-electron chi connectivity index (χ2n) is 4.01. The molecule has 0 aliphatic carbocycles. The summed E-state index contributed by atoms with van der Waals surface area (Å²) in [6.45, 7) is 9.39. The van der Waals surface area contributed by atoms with Crippen LogP contribution in [0.15, 0.2) is 36.0 Å². The van der Waals surface area contributed by atoms with Crippen LogP contribution in [-0.4, -0.2) is 25.5 Å². The molecule has 0 heterocycles. The van der Waals surface area contributed by atoms with E-state index in [9.17, 15) is 9.59 Å². The van der Waals surface area contributed by atoms with Crippen LogP contribution in [0.5, 0.6) is 0 Å². The molecule has 0 aliphatic heterocycles. The van der Waals surface area contributed by atoms with Gasteiger partial charge in [-0.1, -0.05) is 32.6 Å². The number of carbonyl (C=O) groups is 2. The number of carbonyl (C=O) groups excluding carboxylic acids is 2. The van der Waals surface area contributed by atoms with Crippen LogP contribution in [0.1, 0.15) is 20.8 Å². The lowest BCUT2D eigenvalue weighted by atomic mass is 10.00. The Balaban J connectivity index is 4.75. The van der Waals surface area contributed by atoms with Gasteiger partial charge in [0.05, 0.1) is 7.11 Å². The van der Waals surface area contributed by atoms with Crippen LogP contribution in [0.2, 0.25) is 0 Å². The van der Waals surface area contributed by atoms with Crippen LogP contribution >= 0.6 is 0 Å². The van der Waals surface area contributed by atoms with Crippen molar-refractivity contribution >= 4 is 11.9 Å². The molecule has 0 bridgehead atoms. The summed E-state index contributed by atoms with van der Waals surface area (Å²) in [4.78, 5) is 22.7. The molecule has 100 valence electrons. The number of nitrogens with one attached hydrogen (secondary N) is 1. The first-order chi connectivity index (χ1) is 8.46. The molecule has 1 N–H and O–H groups in total. The standard InChI is InChI=1S/C14H21NO3/c1-6-11(10(3)4)8-12(7-2)14(17)15-9-13(16)18-5/h6-8,10H,1,9H2,2-5H3,(H,15,17)/b11-8+,12-7+. The summed E-state index contributed by atoms with van der Waals surface area (Å²) in [5, 5.41) is 2.49. The SMILES string of the molecule is C=C/C(=C\C(=C/C)C(=O)NCC(=O)OC)C(C)C. The highest BCUT2D eigenvalue weighted by molar-refractivity contribution is 5.97. The van der Waals surface area contributed by atoms with Gasteiger partial charge in [-0.25, -0.2) is 0 Å². The molecule has 0 atom stereocenters. The lowest BCUT2D eigenvalue weighted by Gasteiger charge is -2.09. The molecular formula is C14H21NO3. The van der Waals surface area contributed by atoms with Crippen molar-refractivity contribution < 1.29 is 14.3 Å². The van der Waals surface area contributed by atoms with Crippen molar-refractivity contribution in [2.75, 3.05) is 13.7 Å². The zero-order valence-electron chi connectivity index (χ0n) is 11.4. The molecule has 18 heavy (non-hydrogen) atoms. The van der Waals surface area contributed by atoms with Crippen molar-refractivity contribution in [3.8, 4) is 0 Å². The topological polar surface area (TPSA) is 55.4 Å². The van der Waals surface area contributed by atoms with Gasteiger partial charge in [-0.05, 0) is 24.5 Å². The van der Waals surface area contributed by atoms with Crippen molar-refractivity contribution in [3.63, 3.8) is 0 Å². The maximum atomic E-state index is 11.8. The largest absolute Gasteiger partial charge is 0.468 e. The first-order valence-electron chi connectivity index (χ1n) is 5.81. The number of esters is 1. The first kappa shape index (κ1) is 16.2. The van der Waals surface area contributed by atoms with E-state index in [0.29, 0.717) is 5.57 Å². The molecule has 0 aliphatic rings. The zero-order chi connectivity index (χ0) is 14.1. The summed E-state index contributed by atoms with van der Waals surface area (Å²) >= 11 is 0. The van der Waals surface area contributed by atoms with Crippen molar-refractivity contribution in [3.05, 3.63) is 36.0 Å². The third-order valence-electron chi connectivity index (χ3n) is 2.42. The van der Waals surface area contributed by atoms with Gasteiger partial charge in [0.15, 0.2) is 0 Å². The number of methoxy groups -OCH3 is 1. The second-order valence-corrected chi connectivity index (χ2v) is 4.01. The minimum atomic E-state index is -0.476. The van der Waals surface area contributed by atoms with E-state index in [1.807, 2.05) is 13.8 Å². The third-order valence-corrected chi connectivity index (χ3v) is 2.42. The summed E-state index contributed by atoms with van der Waals surface area (Å²) in [7, 11) is 1.28. The van der Waals surface area contributed by atoms with Crippen LogP contribution in [-0.2, 0) is 14.3 Å². The predicted molar refractivity (Wildman–Crippen MR) is 71.9 cm³/mol. The molecule has 0 spiro atoms. The van der Waals surface area contributed by atoms with E-state index >= 15 is 0 Å². The van der Waals surface area contributed by atoms with Crippen molar-refractivity contribution in [2.24, 2.45) is 5.92 Å². The van der Waals surface area contributed by atoms with Gasteiger partial charge >= 0.3 is 5.97 Å². The van der Waals surface area contributed by atoms with Gasteiger partial charge in [-0.3, -0.25) is 9.59 Å². The van der Waals surface area contributed by atoms with E-state index in [2.05, 4.69) is 16.6 Å². The molecule has 4 nitrogen and oxygen atoms in total. The van der Waals surface area contributed by atoms with Crippen molar-refractivity contribution in [1.82, 2.24) is 5.32 Å². The maximum absolute atomic E-state index is 11.8. The number of hydrogen-bond donors (Lipinski definition) is 1. The average molecular weight is 251 g/mol. The molecular weight excluding hydrogens is 230 g/mol. The van der Waals surface area contributed by atoms with E-state index in [-0.39, 0.29) is 18.4 Å². The number of hydrogen-bond acceptors (Lipinski definition) is 3. The van der Waals surface area contributed by atoms with Gasteiger partial charge in [-0.2, -0.15) is 0 Å². The quantitative estimate of drug-likeness (QED) is 0.446. The molecule has 0 saturated carbocycles. The van der Waals surface area contributed by atoms with Gasteiger partial charge in [0.1, 0.15) is 6.54 Å². The lowest BCUT2D eigenvalue weighted by Crippen LogP contribution is -2.30. The van der Waals surface area contributed by atoms with Crippen LogP contribution in [0.4, 0.5) is 0 Å². The summed E-state index contributed by atoms with van der Waals surface area (Å²) < 4.78 is 4.45. The Morgan fingerprint density at radius 3 is 2.39 bits per heavy atom. The van der Waals surface area contributed by atoms with Gasteiger partial charge in [-0.15, -0.1) is 0 Å². The molecule has 0 saturated heterocycles. The summed E-state index contributed by atoms with van der Waals surface area (Å²) in [6.07, 6.45) is 5.19. The van der Waals surface area contributed by atoms with Gasteiger partial charge < -0.3 is 10.1 Å². The average Bonchev–Trinajstić information content (AvgIpc) is 2.36. The van der Waals surface area contributed by atoms with E-state index in [0.717, 1.165) is 5.57 Å². The summed E-state index contributed by atoms with van der Waals surface area (Å²) in [6, 6.07) is 0. The molecule has 4 heteroatoms. The molecule has 0 aromatic heterocycles. The van der Waals surface area contributed by atoms with E-state index in [1.165, 1.54) is 7.11 Å². The van der Waals surface area contributed by atoms with E-state index in [1.54, 1.807) is 25.2 Å². The highest BCUT2D eigenvalue weighted by Crippen LogP contribution is 2.13. The second kappa shape index (κ2) is 8.28. The number of allylic oxidation sites excluding steroid dienone is 3. The lowest BCUT2D eigenvalue weighted by molar-refractivity contribution is -0.140. The number of ether oxygens (including phenoxy) is 1. The fraction of sp³-hybridized carbons (Fsp3) is 0.429. The van der Waals surface area contributed by atoms with Crippen LogP contribution in [0, 0.1) is 5.92 Å². The first-order valence-corrected chi connectivity index (χ1v) is 5.81. The third kappa shape index (κ3) is 5.48. The number of rotatable bonds is 6. The molecule has 0 aromatic rings. The monoisotopic (exact) mass is 251 g/mol. The zero-order valence-corrected chi connectivity index (χ0v) is 11.4. The molecule has 0 fully saturated rings. The molecule has 0 rings (SSSR count). The molecule has 0 unspecified atom stereocenters.